The molecule has 0 saturated carbocycles. The zero-order chi connectivity index (χ0) is 22.4. The van der Waals surface area contributed by atoms with Gasteiger partial charge < -0.3 is 25.7 Å². The van der Waals surface area contributed by atoms with Gasteiger partial charge in [0.1, 0.15) is 0 Å². The van der Waals surface area contributed by atoms with Gasteiger partial charge in [-0.25, -0.2) is 4.79 Å². The van der Waals surface area contributed by atoms with Crippen LogP contribution in [0.4, 0.5) is 21.9 Å². The summed E-state index contributed by atoms with van der Waals surface area (Å²) >= 11 is 6.05. The van der Waals surface area contributed by atoms with E-state index >= 15 is 0 Å². The summed E-state index contributed by atoms with van der Waals surface area (Å²) in [5.74, 6) is -0.787. The van der Waals surface area contributed by atoms with Crippen molar-refractivity contribution in [2.24, 2.45) is 0 Å². The van der Waals surface area contributed by atoms with Crippen LogP contribution in [0.5, 0.6) is 0 Å². The van der Waals surface area contributed by atoms with E-state index in [-0.39, 0.29) is 17.8 Å². The van der Waals surface area contributed by atoms with Crippen LogP contribution in [0.1, 0.15) is 34.8 Å². The van der Waals surface area contributed by atoms with E-state index < -0.39 is 11.8 Å². The highest BCUT2D eigenvalue weighted by Crippen LogP contribution is 2.27. The van der Waals surface area contributed by atoms with Gasteiger partial charge >= 0.3 is 6.03 Å². The van der Waals surface area contributed by atoms with Crippen molar-refractivity contribution in [2.75, 3.05) is 16.0 Å². The lowest BCUT2D eigenvalue weighted by molar-refractivity contribution is 0.0993. The first kappa shape index (κ1) is 21.9. The SMILES string of the molecule is CC(C)NC(=O)Nc1cccc(C(=O)Nc2ccc(Cl)cc2NC(=O)c2ccco2)c1. The molecule has 4 amide bonds. The van der Waals surface area contributed by atoms with Gasteiger partial charge in [-0.05, 0) is 62.4 Å². The molecule has 160 valence electrons. The quantitative estimate of drug-likeness (QED) is 0.433. The average Bonchev–Trinajstić information content (AvgIpc) is 3.24. The summed E-state index contributed by atoms with van der Waals surface area (Å²) in [5.41, 5.74) is 1.45. The van der Waals surface area contributed by atoms with E-state index in [0.29, 0.717) is 27.6 Å². The molecule has 0 aliphatic heterocycles. The fourth-order valence-electron chi connectivity index (χ4n) is 2.68. The lowest BCUT2D eigenvalue weighted by Crippen LogP contribution is -2.34. The molecule has 0 saturated heterocycles. The van der Waals surface area contributed by atoms with E-state index in [1.807, 2.05) is 13.8 Å². The summed E-state index contributed by atoms with van der Waals surface area (Å²) in [6.07, 6.45) is 1.39. The van der Waals surface area contributed by atoms with Crippen LogP contribution in [0, 0.1) is 0 Å². The maximum Gasteiger partial charge on any atom is 0.319 e. The van der Waals surface area contributed by atoms with Crippen LogP contribution in [0.2, 0.25) is 5.02 Å². The average molecular weight is 441 g/mol. The van der Waals surface area contributed by atoms with Gasteiger partial charge in [0, 0.05) is 22.3 Å². The molecule has 31 heavy (non-hydrogen) atoms. The van der Waals surface area contributed by atoms with E-state index in [1.54, 1.807) is 42.5 Å². The number of urea groups is 1. The highest BCUT2D eigenvalue weighted by Gasteiger charge is 2.15. The van der Waals surface area contributed by atoms with Gasteiger partial charge in [0.2, 0.25) is 0 Å². The van der Waals surface area contributed by atoms with Crippen LogP contribution in [0.15, 0.2) is 65.3 Å². The molecule has 0 spiro atoms. The standard InChI is InChI=1S/C22H21ClN4O4/c1-13(2)24-22(30)25-16-6-3-5-14(11-16)20(28)26-17-9-8-15(23)12-18(17)27-21(29)19-7-4-10-31-19/h3-13H,1-2H3,(H,26,28)(H,27,29)(H2,24,25,30). The van der Waals surface area contributed by atoms with Crippen LogP contribution < -0.4 is 21.3 Å². The van der Waals surface area contributed by atoms with Crippen molar-refractivity contribution in [3.05, 3.63) is 77.2 Å². The number of hydrogen-bond acceptors (Lipinski definition) is 4. The number of hydrogen-bond donors (Lipinski definition) is 4. The normalized spacial score (nSPS) is 10.5. The summed E-state index contributed by atoms with van der Waals surface area (Å²) in [6, 6.07) is 13.9. The van der Waals surface area contributed by atoms with Gasteiger partial charge in [-0.2, -0.15) is 0 Å². The number of nitrogens with one attached hydrogen (secondary N) is 4. The third-order valence-corrected chi connectivity index (χ3v) is 4.26. The molecule has 0 unspecified atom stereocenters. The van der Waals surface area contributed by atoms with Crippen LogP contribution in [0.25, 0.3) is 0 Å². The maximum atomic E-state index is 12.8. The minimum Gasteiger partial charge on any atom is -0.459 e. The molecule has 3 rings (SSSR count). The highest BCUT2D eigenvalue weighted by molar-refractivity contribution is 6.31. The van der Waals surface area contributed by atoms with Crippen molar-refractivity contribution < 1.29 is 18.8 Å². The van der Waals surface area contributed by atoms with Gasteiger partial charge in [-0.3, -0.25) is 9.59 Å². The highest BCUT2D eigenvalue weighted by atomic mass is 35.5. The zero-order valence-corrected chi connectivity index (χ0v) is 17.6. The molecule has 8 nitrogen and oxygen atoms in total. The Morgan fingerprint density at radius 2 is 1.65 bits per heavy atom. The van der Waals surface area contributed by atoms with E-state index in [2.05, 4.69) is 21.3 Å². The molecule has 2 aromatic carbocycles. The summed E-state index contributed by atoms with van der Waals surface area (Å²) in [5, 5.41) is 11.2. The lowest BCUT2D eigenvalue weighted by Gasteiger charge is -2.13. The molecule has 1 aromatic heterocycles. The number of halogens is 1. The van der Waals surface area contributed by atoms with E-state index in [9.17, 15) is 14.4 Å². The van der Waals surface area contributed by atoms with Crippen molar-refractivity contribution in [2.45, 2.75) is 19.9 Å². The fourth-order valence-corrected chi connectivity index (χ4v) is 2.85. The van der Waals surface area contributed by atoms with Crippen LogP contribution in [0.3, 0.4) is 0 Å². The zero-order valence-electron chi connectivity index (χ0n) is 16.9. The smallest absolute Gasteiger partial charge is 0.319 e. The van der Waals surface area contributed by atoms with Crippen LogP contribution >= 0.6 is 11.6 Å². The Morgan fingerprint density at radius 3 is 2.35 bits per heavy atom. The predicted molar refractivity (Wildman–Crippen MR) is 120 cm³/mol. The van der Waals surface area contributed by atoms with E-state index in [1.165, 1.54) is 18.4 Å². The number of benzene rings is 2. The molecule has 0 aliphatic carbocycles. The number of amides is 4. The Kier molecular flexibility index (Phi) is 6.94. The number of furan rings is 1. The first-order valence-electron chi connectivity index (χ1n) is 9.45. The maximum absolute atomic E-state index is 12.8. The summed E-state index contributed by atoms with van der Waals surface area (Å²) in [6.45, 7) is 3.69. The molecule has 0 radical (unpaired) electrons. The molecule has 0 fully saturated rings. The number of carbonyl (C=O) groups is 3. The molecule has 3 aromatic rings. The van der Waals surface area contributed by atoms with Crippen molar-refractivity contribution >= 4 is 46.5 Å². The summed E-state index contributed by atoms with van der Waals surface area (Å²) in [7, 11) is 0. The third-order valence-electron chi connectivity index (χ3n) is 4.03. The molecular formula is C22H21ClN4O4. The number of anilines is 3. The first-order chi connectivity index (χ1) is 14.8. The third kappa shape index (κ3) is 6.10. The molecule has 0 bridgehead atoms. The van der Waals surface area contributed by atoms with Gasteiger partial charge in [0.05, 0.1) is 17.6 Å². The molecule has 4 N–H and O–H groups in total. The monoisotopic (exact) mass is 440 g/mol. The van der Waals surface area contributed by atoms with Crippen molar-refractivity contribution in [1.82, 2.24) is 5.32 Å². The summed E-state index contributed by atoms with van der Waals surface area (Å²) in [4.78, 5) is 37.0. The molecule has 0 atom stereocenters. The Bertz CT molecular complexity index is 1100. The number of carbonyl (C=O) groups excluding carboxylic acids is 3. The first-order valence-corrected chi connectivity index (χ1v) is 9.83. The lowest BCUT2D eigenvalue weighted by atomic mass is 10.1. The van der Waals surface area contributed by atoms with Gasteiger partial charge in [0.25, 0.3) is 11.8 Å². The van der Waals surface area contributed by atoms with Gasteiger partial charge in [-0.15, -0.1) is 0 Å². The fraction of sp³-hybridized carbons (Fsp3) is 0.136. The van der Waals surface area contributed by atoms with Crippen LogP contribution in [-0.4, -0.2) is 23.9 Å². The Morgan fingerprint density at radius 1 is 0.871 bits per heavy atom. The Labute approximate surface area is 184 Å². The van der Waals surface area contributed by atoms with E-state index in [0.717, 1.165) is 0 Å². The second kappa shape index (κ2) is 9.82. The van der Waals surface area contributed by atoms with Gasteiger partial charge in [-0.1, -0.05) is 17.7 Å². The molecule has 1 heterocycles. The largest absolute Gasteiger partial charge is 0.459 e. The predicted octanol–water partition coefficient (Wildman–Crippen LogP) is 4.97. The van der Waals surface area contributed by atoms with E-state index in [4.69, 9.17) is 16.0 Å². The number of rotatable bonds is 6. The minimum absolute atomic E-state index is 0.0220. The molecular weight excluding hydrogens is 420 g/mol. The van der Waals surface area contributed by atoms with Crippen molar-refractivity contribution in [3.8, 4) is 0 Å². The second-order valence-electron chi connectivity index (χ2n) is 6.91. The Hall–Kier alpha value is -3.78. The summed E-state index contributed by atoms with van der Waals surface area (Å²) < 4.78 is 5.08. The van der Waals surface area contributed by atoms with Crippen molar-refractivity contribution in [1.29, 1.82) is 0 Å². The van der Waals surface area contributed by atoms with Crippen molar-refractivity contribution in [3.63, 3.8) is 0 Å². The van der Waals surface area contributed by atoms with Crippen LogP contribution in [-0.2, 0) is 0 Å². The molecule has 0 aliphatic rings. The van der Waals surface area contributed by atoms with Gasteiger partial charge in [0.15, 0.2) is 5.76 Å². The minimum atomic E-state index is -0.481. The second-order valence-corrected chi connectivity index (χ2v) is 7.35. The topological polar surface area (TPSA) is 112 Å². The molecule has 9 heteroatoms. The Balaban J connectivity index is 1.75.